The summed E-state index contributed by atoms with van der Waals surface area (Å²) < 4.78 is 0. The van der Waals surface area contributed by atoms with E-state index in [1.165, 1.54) is 0 Å². The highest BCUT2D eigenvalue weighted by Gasteiger charge is 2.38. The fourth-order valence-corrected chi connectivity index (χ4v) is 3.49. The van der Waals surface area contributed by atoms with Gasteiger partial charge in [0.2, 0.25) is 11.8 Å². The first-order chi connectivity index (χ1) is 9.70. The Kier molecular flexibility index (Phi) is 3.96. The molecule has 1 unspecified atom stereocenters. The van der Waals surface area contributed by atoms with E-state index >= 15 is 0 Å². The normalized spacial score (nSPS) is 27.9. The van der Waals surface area contributed by atoms with Gasteiger partial charge in [0, 0.05) is 31.5 Å². The molecular weight excluding hydrogens is 256 g/mol. The Balaban J connectivity index is 1.52. The molecule has 1 atom stereocenters. The Labute approximate surface area is 119 Å². The molecule has 3 rings (SSSR count). The van der Waals surface area contributed by atoms with Crippen molar-refractivity contribution in [2.75, 3.05) is 26.2 Å². The van der Waals surface area contributed by atoms with Crippen LogP contribution in [0.4, 0.5) is 0 Å². The number of aliphatic hydroxyl groups is 1. The average molecular weight is 280 g/mol. The number of hydrogen-bond acceptors (Lipinski definition) is 3. The summed E-state index contributed by atoms with van der Waals surface area (Å²) in [5, 5.41) is 9.32. The van der Waals surface area contributed by atoms with Gasteiger partial charge in [-0.2, -0.15) is 0 Å². The van der Waals surface area contributed by atoms with Crippen molar-refractivity contribution >= 4 is 11.8 Å². The standard InChI is InChI=1S/C15H24N2O3/c18-10-13-2-1-7-17(13)15(20)12-5-8-16(9-6-12)14(19)11-3-4-11/h11-13,18H,1-10H2. The lowest BCUT2D eigenvalue weighted by Gasteiger charge is -2.34. The molecule has 0 aromatic carbocycles. The van der Waals surface area contributed by atoms with E-state index in [9.17, 15) is 14.7 Å². The molecule has 0 aromatic rings. The molecule has 5 nitrogen and oxygen atoms in total. The van der Waals surface area contributed by atoms with E-state index in [0.29, 0.717) is 5.91 Å². The first-order valence-corrected chi connectivity index (χ1v) is 7.91. The van der Waals surface area contributed by atoms with Gasteiger partial charge in [0.25, 0.3) is 0 Å². The number of rotatable bonds is 3. The Morgan fingerprint density at radius 1 is 0.900 bits per heavy atom. The van der Waals surface area contributed by atoms with Crippen LogP contribution in [0, 0.1) is 11.8 Å². The van der Waals surface area contributed by atoms with Crippen LogP contribution < -0.4 is 0 Å². The number of nitrogens with zero attached hydrogens (tertiary/aromatic N) is 2. The minimum Gasteiger partial charge on any atom is -0.394 e. The molecule has 0 bridgehead atoms. The molecule has 3 aliphatic rings. The minimum atomic E-state index is 0.0219. The highest BCUT2D eigenvalue weighted by Crippen LogP contribution is 2.33. The minimum absolute atomic E-state index is 0.0219. The maximum atomic E-state index is 12.5. The molecule has 1 saturated carbocycles. The first-order valence-electron chi connectivity index (χ1n) is 7.91. The molecule has 2 saturated heterocycles. The Morgan fingerprint density at radius 2 is 1.55 bits per heavy atom. The maximum absolute atomic E-state index is 12.5. The number of hydrogen-bond donors (Lipinski definition) is 1. The molecule has 0 spiro atoms. The van der Waals surface area contributed by atoms with Gasteiger partial charge >= 0.3 is 0 Å². The van der Waals surface area contributed by atoms with Gasteiger partial charge in [0.1, 0.15) is 0 Å². The van der Waals surface area contributed by atoms with Gasteiger partial charge in [-0.15, -0.1) is 0 Å². The van der Waals surface area contributed by atoms with Crippen molar-refractivity contribution in [2.24, 2.45) is 11.8 Å². The molecule has 2 heterocycles. The number of aliphatic hydroxyl groups excluding tert-OH is 1. The van der Waals surface area contributed by atoms with Gasteiger partial charge in [0.15, 0.2) is 0 Å². The quantitative estimate of drug-likeness (QED) is 0.824. The molecule has 2 amide bonds. The summed E-state index contributed by atoms with van der Waals surface area (Å²) in [5.41, 5.74) is 0. The number of carbonyl (C=O) groups excluding carboxylic acids is 2. The second-order valence-corrected chi connectivity index (χ2v) is 6.38. The predicted molar refractivity (Wildman–Crippen MR) is 73.8 cm³/mol. The van der Waals surface area contributed by atoms with E-state index in [0.717, 1.165) is 58.2 Å². The van der Waals surface area contributed by atoms with Crippen molar-refractivity contribution < 1.29 is 14.7 Å². The van der Waals surface area contributed by atoms with Crippen molar-refractivity contribution in [1.82, 2.24) is 9.80 Å². The third kappa shape index (κ3) is 2.68. The summed E-state index contributed by atoms with van der Waals surface area (Å²) in [5.74, 6) is 0.815. The third-order valence-corrected chi connectivity index (χ3v) is 4.95. The molecule has 5 heteroatoms. The lowest BCUT2D eigenvalue weighted by Crippen LogP contribution is -2.46. The van der Waals surface area contributed by atoms with Gasteiger partial charge in [0.05, 0.1) is 12.6 Å². The van der Waals surface area contributed by atoms with E-state index in [-0.39, 0.29) is 30.4 Å². The van der Waals surface area contributed by atoms with Gasteiger partial charge in [-0.3, -0.25) is 9.59 Å². The topological polar surface area (TPSA) is 60.9 Å². The van der Waals surface area contributed by atoms with Crippen molar-refractivity contribution in [3.05, 3.63) is 0 Å². The molecule has 1 N–H and O–H groups in total. The predicted octanol–water partition coefficient (Wildman–Crippen LogP) is 0.618. The zero-order valence-corrected chi connectivity index (χ0v) is 12.0. The van der Waals surface area contributed by atoms with Crippen LogP contribution in [0.25, 0.3) is 0 Å². The van der Waals surface area contributed by atoms with Gasteiger partial charge in [-0.05, 0) is 38.5 Å². The van der Waals surface area contributed by atoms with Crippen LogP contribution >= 0.6 is 0 Å². The fraction of sp³-hybridized carbons (Fsp3) is 0.867. The van der Waals surface area contributed by atoms with Crippen LogP contribution in [0.3, 0.4) is 0 Å². The van der Waals surface area contributed by atoms with Crippen LogP contribution in [-0.4, -0.2) is 59.0 Å². The largest absolute Gasteiger partial charge is 0.394 e. The SMILES string of the molecule is O=C(C1CC1)N1CCC(C(=O)N2CCCC2CO)CC1. The smallest absolute Gasteiger partial charge is 0.226 e. The molecule has 3 fully saturated rings. The molecular formula is C15H24N2O3. The summed E-state index contributed by atoms with van der Waals surface area (Å²) in [6, 6.07) is 0.0219. The molecule has 1 aliphatic carbocycles. The Morgan fingerprint density at radius 3 is 2.15 bits per heavy atom. The zero-order valence-electron chi connectivity index (χ0n) is 12.0. The first kappa shape index (κ1) is 13.9. The monoisotopic (exact) mass is 280 g/mol. The maximum Gasteiger partial charge on any atom is 0.226 e. The summed E-state index contributed by atoms with van der Waals surface area (Å²) >= 11 is 0. The lowest BCUT2D eigenvalue weighted by atomic mass is 9.94. The Hall–Kier alpha value is -1.10. The van der Waals surface area contributed by atoms with E-state index in [4.69, 9.17) is 0 Å². The van der Waals surface area contributed by atoms with Crippen LogP contribution in [0.1, 0.15) is 38.5 Å². The van der Waals surface area contributed by atoms with Crippen molar-refractivity contribution in [1.29, 1.82) is 0 Å². The van der Waals surface area contributed by atoms with Crippen LogP contribution in [0.2, 0.25) is 0 Å². The van der Waals surface area contributed by atoms with Crippen molar-refractivity contribution in [3.8, 4) is 0 Å². The number of amides is 2. The van der Waals surface area contributed by atoms with Crippen molar-refractivity contribution in [3.63, 3.8) is 0 Å². The second-order valence-electron chi connectivity index (χ2n) is 6.38. The van der Waals surface area contributed by atoms with E-state index in [2.05, 4.69) is 0 Å². The summed E-state index contributed by atoms with van der Waals surface area (Å²) in [4.78, 5) is 28.3. The fourth-order valence-electron chi connectivity index (χ4n) is 3.49. The van der Waals surface area contributed by atoms with E-state index < -0.39 is 0 Å². The highest BCUT2D eigenvalue weighted by atomic mass is 16.3. The number of piperidine rings is 1. The van der Waals surface area contributed by atoms with Gasteiger partial charge < -0.3 is 14.9 Å². The van der Waals surface area contributed by atoms with E-state index in [1.807, 2.05) is 9.80 Å². The van der Waals surface area contributed by atoms with Crippen LogP contribution in [0.5, 0.6) is 0 Å². The van der Waals surface area contributed by atoms with Crippen LogP contribution in [-0.2, 0) is 9.59 Å². The molecule has 112 valence electrons. The molecule has 0 radical (unpaired) electrons. The van der Waals surface area contributed by atoms with E-state index in [1.54, 1.807) is 0 Å². The second kappa shape index (κ2) is 5.72. The molecule has 2 aliphatic heterocycles. The highest BCUT2D eigenvalue weighted by molar-refractivity contribution is 5.82. The van der Waals surface area contributed by atoms with Gasteiger partial charge in [-0.25, -0.2) is 0 Å². The molecule has 0 aromatic heterocycles. The Bertz CT molecular complexity index is 387. The number of likely N-dealkylation sites (tertiary alicyclic amines) is 2. The average Bonchev–Trinajstić information content (AvgIpc) is 3.23. The summed E-state index contributed by atoms with van der Waals surface area (Å²) in [6.45, 7) is 2.31. The lowest BCUT2D eigenvalue weighted by molar-refractivity contribution is -0.142. The molecule has 20 heavy (non-hydrogen) atoms. The summed E-state index contributed by atoms with van der Waals surface area (Å²) in [6.07, 6.45) is 5.57. The van der Waals surface area contributed by atoms with Crippen LogP contribution in [0.15, 0.2) is 0 Å². The van der Waals surface area contributed by atoms with Crippen molar-refractivity contribution in [2.45, 2.75) is 44.6 Å². The summed E-state index contributed by atoms with van der Waals surface area (Å²) in [7, 11) is 0. The third-order valence-electron chi connectivity index (χ3n) is 4.95. The van der Waals surface area contributed by atoms with Gasteiger partial charge in [-0.1, -0.05) is 0 Å². The zero-order chi connectivity index (χ0) is 14.1. The number of carbonyl (C=O) groups is 2.